The third-order valence-corrected chi connectivity index (χ3v) is 4.13. The van der Waals surface area contributed by atoms with E-state index in [0.29, 0.717) is 0 Å². The van der Waals surface area contributed by atoms with Gasteiger partial charge in [-0.3, -0.25) is 4.79 Å². The molecule has 0 unspecified atom stereocenters. The minimum Gasteiger partial charge on any atom is -0.458 e. The van der Waals surface area contributed by atoms with Crippen molar-refractivity contribution in [2.75, 3.05) is 6.61 Å². The maximum atomic E-state index is 12.2. The number of hydrogen-bond donors (Lipinski definition) is 0. The number of ether oxygens (including phenoxy) is 2. The normalized spacial score (nSPS) is 11.8. The number of hydrogen-bond acceptors (Lipinski definition) is 4. The lowest BCUT2D eigenvalue weighted by Gasteiger charge is -2.08. The summed E-state index contributed by atoms with van der Waals surface area (Å²) >= 11 is 0. The van der Waals surface area contributed by atoms with Gasteiger partial charge in [-0.15, -0.1) is 0 Å². The van der Waals surface area contributed by atoms with E-state index in [2.05, 4.69) is 32.9 Å². The van der Waals surface area contributed by atoms with Crippen molar-refractivity contribution in [3.8, 4) is 5.75 Å². The second-order valence-corrected chi connectivity index (χ2v) is 7.15. The molecule has 0 atom stereocenters. The second kappa shape index (κ2) is 12.7. The number of carbonyl (C=O) groups excluding carboxylic acids is 2. The lowest BCUT2D eigenvalue weighted by atomic mass is 10.1. The average molecular weight is 385 g/mol. The average Bonchev–Trinajstić information content (AvgIpc) is 2.61. The predicted molar refractivity (Wildman–Crippen MR) is 113 cm³/mol. The van der Waals surface area contributed by atoms with Crippen LogP contribution < -0.4 is 4.74 Å². The summed E-state index contributed by atoms with van der Waals surface area (Å²) in [6, 6.07) is 6.57. The minimum absolute atomic E-state index is 0.197. The van der Waals surface area contributed by atoms with Gasteiger partial charge >= 0.3 is 11.9 Å². The van der Waals surface area contributed by atoms with Crippen LogP contribution in [0.4, 0.5) is 0 Å². The van der Waals surface area contributed by atoms with Crippen LogP contribution in [0.5, 0.6) is 5.75 Å². The first-order valence-electron chi connectivity index (χ1n) is 9.68. The van der Waals surface area contributed by atoms with E-state index in [1.807, 2.05) is 13.0 Å². The van der Waals surface area contributed by atoms with Crippen molar-refractivity contribution in [2.45, 2.75) is 60.3 Å². The van der Waals surface area contributed by atoms with E-state index in [9.17, 15) is 9.59 Å². The maximum absolute atomic E-state index is 12.2. The molecular formula is C24H32O4. The van der Waals surface area contributed by atoms with Gasteiger partial charge in [0.15, 0.2) is 0 Å². The molecule has 0 aromatic heterocycles. The fourth-order valence-electron chi connectivity index (χ4n) is 2.56. The van der Waals surface area contributed by atoms with E-state index in [1.54, 1.807) is 24.3 Å². The monoisotopic (exact) mass is 384 g/mol. The summed E-state index contributed by atoms with van der Waals surface area (Å²) in [5.74, 6) is -0.759. The highest BCUT2D eigenvalue weighted by Gasteiger charge is 2.14. The Morgan fingerprint density at radius 1 is 0.857 bits per heavy atom. The molecule has 0 saturated carbocycles. The van der Waals surface area contributed by atoms with E-state index in [1.165, 1.54) is 23.6 Å². The summed E-state index contributed by atoms with van der Waals surface area (Å²) in [7, 11) is 0. The molecule has 4 nitrogen and oxygen atoms in total. The van der Waals surface area contributed by atoms with Gasteiger partial charge in [-0.25, -0.2) is 4.79 Å². The smallest absolute Gasteiger partial charge is 0.342 e. The number of rotatable bonds is 10. The number of para-hydroxylation sites is 1. The van der Waals surface area contributed by atoms with Gasteiger partial charge in [-0.2, -0.15) is 0 Å². The second-order valence-electron chi connectivity index (χ2n) is 7.15. The van der Waals surface area contributed by atoms with Crippen molar-refractivity contribution in [3.05, 3.63) is 64.8 Å². The maximum Gasteiger partial charge on any atom is 0.342 e. The molecule has 0 bridgehead atoms. The highest BCUT2D eigenvalue weighted by atomic mass is 16.5. The molecule has 0 amide bonds. The van der Waals surface area contributed by atoms with Crippen LogP contribution in [-0.2, 0) is 9.53 Å². The Morgan fingerprint density at radius 3 is 2.11 bits per heavy atom. The molecule has 0 N–H and O–H groups in total. The molecule has 28 heavy (non-hydrogen) atoms. The minimum atomic E-state index is -0.504. The Labute approximate surface area is 168 Å². The van der Waals surface area contributed by atoms with Crippen LogP contribution in [0.2, 0.25) is 0 Å². The van der Waals surface area contributed by atoms with Gasteiger partial charge in [-0.1, -0.05) is 41.0 Å². The molecule has 0 heterocycles. The van der Waals surface area contributed by atoms with Crippen molar-refractivity contribution >= 4 is 11.9 Å². The van der Waals surface area contributed by atoms with Crippen molar-refractivity contribution in [1.29, 1.82) is 0 Å². The molecule has 152 valence electrons. The molecule has 0 saturated heterocycles. The van der Waals surface area contributed by atoms with Crippen molar-refractivity contribution < 1.29 is 19.1 Å². The summed E-state index contributed by atoms with van der Waals surface area (Å²) in [5.41, 5.74) is 4.18. The third kappa shape index (κ3) is 9.91. The molecule has 0 spiro atoms. The molecule has 1 aromatic rings. The first-order valence-corrected chi connectivity index (χ1v) is 9.68. The van der Waals surface area contributed by atoms with Crippen LogP contribution in [-0.4, -0.2) is 18.5 Å². The van der Waals surface area contributed by atoms with Crippen LogP contribution in [0.3, 0.4) is 0 Å². The molecule has 1 rings (SSSR count). The van der Waals surface area contributed by atoms with E-state index in [4.69, 9.17) is 9.47 Å². The number of carbonyl (C=O) groups is 2. The Balaban J connectivity index is 2.45. The van der Waals surface area contributed by atoms with Crippen LogP contribution in [0.25, 0.3) is 0 Å². The van der Waals surface area contributed by atoms with E-state index in [-0.39, 0.29) is 17.9 Å². The zero-order valence-electron chi connectivity index (χ0n) is 17.7. The summed E-state index contributed by atoms with van der Waals surface area (Å²) in [5, 5.41) is 0. The van der Waals surface area contributed by atoms with Crippen molar-refractivity contribution in [1.82, 2.24) is 0 Å². The van der Waals surface area contributed by atoms with Crippen molar-refractivity contribution in [3.63, 3.8) is 0 Å². The van der Waals surface area contributed by atoms with Gasteiger partial charge in [0.2, 0.25) is 0 Å². The van der Waals surface area contributed by atoms with E-state index >= 15 is 0 Å². The van der Waals surface area contributed by atoms with Gasteiger partial charge in [0.25, 0.3) is 0 Å². The zero-order chi connectivity index (χ0) is 20.9. The molecule has 0 fully saturated rings. The molecular weight excluding hydrogens is 352 g/mol. The fraction of sp³-hybridized carbons (Fsp3) is 0.417. The number of benzene rings is 1. The van der Waals surface area contributed by atoms with Crippen LogP contribution in [0.1, 0.15) is 70.7 Å². The fourth-order valence-corrected chi connectivity index (χ4v) is 2.56. The highest BCUT2D eigenvalue weighted by molar-refractivity contribution is 5.93. The molecule has 1 aromatic carbocycles. The Kier molecular flexibility index (Phi) is 10.6. The number of allylic oxidation sites excluding steroid dienone is 5. The molecule has 0 aliphatic rings. The Hall–Kier alpha value is -2.62. The molecule has 0 aliphatic heterocycles. The van der Waals surface area contributed by atoms with Gasteiger partial charge in [0.1, 0.15) is 17.9 Å². The van der Waals surface area contributed by atoms with E-state index < -0.39 is 11.9 Å². The van der Waals surface area contributed by atoms with Crippen LogP contribution in [0.15, 0.2) is 59.2 Å². The quantitative estimate of drug-likeness (QED) is 0.274. The van der Waals surface area contributed by atoms with Crippen LogP contribution >= 0.6 is 0 Å². The predicted octanol–water partition coefficient (Wildman–Crippen LogP) is 6.19. The molecule has 4 heteroatoms. The summed E-state index contributed by atoms with van der Waals surface area (Å²) < 4.78 is 10.3. The van der Waals surface area contributed by atoms with Gasteiger partial charge in [0, 0.05) is 6.92 Å². The summed E-state index contributed by atoms with van der Waals surface area (Å²) in [4.78, 5) is 23.4. The lowest BCUT2D eigenvalue weighted by molar-refractivity contribution is -0.131. The highest BCUT2D eigenvalue weighted by Crippen LogP contribution is 2.19. The first-order chi connectivity index (χ1) is 13.3. The summed E-state index contributed by atoms with van der Waals surface area (Å²) in [6.07, 6.45) is 10.5. The zero-order valence-corrected chi connectivity index (χ0v) is 17.7. The Morgan fingerprint density at radius 2 is 1.46 bits per heavy atom. The largest absolute Gasteiger partial charge is 0.458 e. The van der Waals surface area contributed by atoms with Gasteiger partial charge in [-0.05, 0) is 71.6 Å². The third-order valence-electron chi connectivity index (χ3n) is 4.13. The summed E-state index contributed by atoms with van der Waals surface area (Å²) in [6.45, 7) is 9.94. The lowest BCUT2D eigenvalue weighted by Crippen LogP contribution is -2.10. The van der Waals surface area contributed by atoms with Gasteiger partial charge in [0.05, 0.1) is 0 Å². The van der Waals surface area contributed by atoms with Crippen molar-refractivity contribution in [2.24, 2.45) is 0 Å². The molecule has 0 radical (unpaired) electrons. The Bertz CT molecular complexity index is 750. The first kappa shape index (κ1) is 23.4. The van der Waals surface area contributed by atoms with E-state index in [0.717, 1.165) is 25.7 Å². The van der Waals surface area contributed by atoms with Gasteiger partial charge < -0.3 is 9.47 Å². The van der Waals surface area contributed by atoms with Crippen LogP contribution in [0, 0.1) is 0 Å². The number of esters is 2. The SMILES string of the molecule is CC(=O)Oc1ccccc1C(=O)OC/C=C(\C)CC/C=C(\C)CCC=C(C)C. The molecule has 0 aliphatic carbocycles. The standard InChI is InChI=1S/C24H32O4/c1-18(2)10-8-11-19(3)12-9-13-20(4)16-17-27-24(26)22-14-6-7-15-23(22)28-21(5)25/h6-7,10,12,14-16H,8-9,11,13,17H2,1-5H3/b19-12+,20-16+. The topological polar surface area (TPSA) is 52.6 Å².